The molecule has 0 aromatic heterocycles. The van der Waals surface area contributed by atoms with E-state index >= 15 is 0 Å². The highest BCUT2D eigenvalue weighted by Gasteiger charge is 2.11. The molecule has 1 aliphatic rings. The molecule has 1 N–H and O–H groups in total. The first-order valence-electron chi connectivity index (χ1n) is 10.8. The van der Waals surface area contributed by atoms with E-state index in [0.29, 0.717) is 17.2 Å². The van der Waals surface area contributed by atoms with Crippen molar-refractivity contribution >= 4 is 23.2 Å². The van der Waals surface area contributed by atoms with Crippen molar-refractivity contribution in [2.24, 2.45) is 0 Å². The van der Waals surface area contributed by atoms with Crippen LogP contribution in [0.25, 0.3) is 0 Å². The molecule has 0 saturated carbocycles. The highest BCUT2D eigenvalue weighted by atomic mass is 35.5. The minimum absolute atomic E-state index is 0.128. The van der Waals surface area contributed by atoms with E-state index in [1.165, 1.54) is 37.9 Å². The Balaban J connectivity index is 1.32. The van der Waals surface area contributed by atoms with Crippen molar-refractivity contribution in [2.45, 2.75) is 32.4 Å². The number of hydrogen-bond acceptors (Lipinski definition) is 3. The minimum Gasteiger partial charge on any atom is -0.489 e. The molecule has 1 saturated heterocycles. The second-order valence-electron chi connectivity index (χ2n) is 7.93. The predicted molar refractivity (Wildman–Crippen MR) is 126 cm³/mol. The Bertz CT molecular complexity index is 997. The number of amides is 1. The number of likely N-dealkylation sites (tertiary alicyclic amines) is 1. The smallest absolute Gasteiger partial charge is 0.255 e. The summed E-state index contributed by atoms with van der Waals surface area (Å²) in [7, 11) is 0. The molecular formula is C26H27ClN2O2. The standard InChI is InChI=1S/C26H27ClN2O2/c27-23-9-13-25(14-10-23)31-19-21-5-4-6-22(17-21)26(30)28-24-11-7-20(8-12-24)18-29-15-2-1-3-16-29/h4-14,17H,1-3,15-16,18-19H2,(H,28,30). The van der Waals surface area contributed by atoms with Gasteiger partial charge in [0.05, 0.1) is 0 Å². The Kier molecular flexibility index (Phi) is 7.23. The molecular weight excluding hydrogens is 408 g/mol. The van der Waals surface area contributed by atoms with Crippen LogP contribution in [0, 0.1) is 0 Å². The van der Waals surface area contributed by atoms with E-state index in [0.717, 1.165) is 23.5 Å². The van der Waals surface area contributed by atoms with E-state index in [9.17, 15) is 4.79 Å². The van der Waals surface area contributed by atoms with Gasteiger partial charge in [0.2, 0.25) is 0 Å². The van der Waals surface area contributed by atoms with Crippen LogP contribution in [0.15, 0.2) is 72.8 Å². The number of halogens is 1. The van der Waals surface area contributed by atoms with Gasteiger partial charge in [-0.1, -0.05) is 42.3 Å². The lowest BCUT2D eigenvalue weighted by atomic mass is 10.1. The number of carbonyl (C=O) groups excluding carboxylic acids is 1. The van der Waals surface area contributed by atoms with Gasteiger partial charge in [-0.15, -0.1) is 0 Å². The van der Waals surface area contributed by atoms with Crippen LogP contribution in [0.3, 0.4) is 0 Å². The summed E-state index contributed by atoms with van der Waals surface area (Å²) in [6.07, 6.45) is 3.92. The van der Waals surface area contributed by atoms with Crippen LogP contribution >= 0.6 is 11.6 Å². The van der Waals surface area contributed by atoms with E-state index in [2.05, 4.69) is 22.3 Å². The number of ether oxygens (including phenoxy) is 1. The third-order valence-electron chi connectivity index (χ3n) is 5.47. The van der Waals surface area contributed by atoms with Gasteiger partial charge in [0.25, 0.3) is 5.91 Å². The second-order valence-corrected chi connectivity index (χ2v) is 8.37. The van der Waals surface area contributed by atoms with Crippen LogP contribution in [-0.2, 0) is 13.2 Å². The molecule has 3 aromatic carbocycles. The summed E-state index contributed by atoms with van der Waals surface area (Å²) >= 11 is 5.90. The molecule has 0 aliphatic carbocycles. The summed E-state index contributed by atoms with van der Waals surface area (Å²) in [4.78, 5) is 15.2. The Morgan fingerprint density at radius 3 is 2.39 bits per heavy atom. The van der Waals surface area contributed by atoms with Crippen molar-refractivity contribution in [3.05, 3.63) is 94.5 Å². The number of rotatable bonds is 7. The van der Waals surface area contributed by atoms with Gasteiger partial charge in [0.1, 0.15) is 12.4 Å². The zero-order valence-corrected chi connectivity index (χ0v) is 18.3. The Morgan fingerprint density at radius 2 is 1.65 bits per heavy atom. The Morgan fingerprint density at radius 1 is 0.903 bits per heavy atom. The number of piperidine rings is 1. The molecule has 5 heteroatoms. The fourth-order valence-corrected chi connectivity index (χ4v) is 3.90. The van der Waals surface area contributed by atoms with Crippen molar-refractivity contribution in [1.29, 1.82) is 0 Å². The lowest BCUT2D eigenvalue weighted by Crippen LogP contribution is -2.29. The molecule has 0 unspecified atom stereocenters. The molecule has 0 bridgehead atoms. The van der Waals surface area contributed by atoms with Crippen molar-refractivity contribution in [3.8, 4) is 5.75 Å². The zero-order chi connectivity index (χ0) is 21.5. The molecule has 4 nitrogen and oxygen atoms in total. The van der Waals surface area contributed by atoms with Crippen molar-refractivity contribution < 1.29 is 9.53 Å². The van der Waals surface area contributed by atoms with E-state index in [-0.39, 0.29) is 5.91 Å². The first kappa shape index (κ1) is 21.4. The van der Waals surface area contributed by atoms with Gasteiger partial charge >= 0.3 is 0 Å². The summed E-state index contributed by atoms with van der Waals surface area (Å²) in [5, 5.41) is 3.66. The predicted octanol–water partition coefficient (Wildman–Crippen LogP) is 6.16. The largest absolute Gasteiger partial charge is 0.489 e. The minimum atomic E-state index is -0.128. The van der Waals surface area contributed by atoms with Gasteiger partial charge < -0.3 is 10.1 Å². The number of carbonyl (C=O) groups is 1. The van der Waals surface area contributed by atoms with Crippen molar-refractivity contribution in [3.63, 3.8) is 0 Å². The van der Waals surface area contributed by atoms with Gasteiger partial charge in [0, 0.05) is 22.8 Å². The lowest BCUT2D eigenvalue weighted by molar-refractivity contribution is 0.102. The monoisotopic (exact) mass is 434 g/mol. The zero-order valence-electron chi connectivity index (χ0n) is 17.5. The van der Waals surface area contributed by atoms with E-state index in [4.69, 9.17) is 16.3 Å². The number of benzene rings is 3. The second kappa shape index (κ2) is 10.5. The molecule has 4 rings (SSSR count). The Labute approximate surface area is 188 Å². The summed E-state index contributed by atoms with van der Waals surface area (Å²) in [5.41, 5.74) is 3.62. The lowest BCUT2D eigenvalue weighted by Gasteiger charge is -2.26. The number of nitrogens with zero attached hydrogens (tertiary/aromatic N) is 1. The summed E-state index contributed by atoms with van der Waals surface area (Å²) in [5.74, 6) is 0.612. The molecule has 0 spiro atoms. The first-order chi connectivity index (χ1) is 15.2. The molecule has 0 atom stereocenters. The van der Waals surface area contributed by atoms with Crippen LogP contribution in [0.2, 0.25) is 5.02 Å². The average molecular weight is 435 g/mol. The van der Waals surface area contributed by atoms with Gasteiger partial charge in [0.15, 0.2) is 0 Å². The van der Waals surface area contributed by atoms with Gasteiger partial charge in [-0.2, -0.15) is 0 Å². The summed E-state index contributed by atoms with van der Waals surface area (Å²) in [6.45, 7) is 3.71. The average Bonchev–Trinajstić information content (AvgIpc) is 2.81. The van der Waals surface area contributed by atoms with Gasteiger partial charge in [-0.05, 0) is 85.6 Å². The maximum absolute atomic E-state index is 12.7. The van der Waals surface area contributed by atoms with Gasteiger partial charge in [-0.25, -0.2) is 0 Å². The summed E-state index contributed by atoms with van der Waals surface area (Å²) < 4.78 is 5.78. The van der Waals surface area contributed by atoms with E-state index in [1.807, 2.05) is 48.5 Å². The number of hydrogen-bond donors (Lipinski definition) is 1. The molecule has 1 aliphatic heterocycles. The third kappa shape index (κ3) is 6.33. The van der Waals surface area contributed by atoms with Crippen LogP contribution in [0.5, 0.6) is 5.75 Å². The SMILES string of the molecule is O=C(Nc1ccc(CN2CCCCC2)cc1)c1cccc(COc2ccc(Cl)cc2)c1. The molecule has 3 aromatic rings. The van der Waals surface area contributed by atoms with Crippen LogP contribution < -0.4 is 10.1 Å². The third-order valence-corrected chi connectivity index (χ3v) is 5.73. The number of nitrogens with one attached hydrogen (secondary N) is 1. The van der Waals surface area contributed by atoms with Crippen LogP contribution in [0.1, 0.15) is 40.7 Å². The molecule has 0 radical (unpaired) electrons. The van der Waals surface area contributed by atoms with Crippen LogP contribution in [0.4, 0.5) is 5.69 Å². The molecule has 160 valence electrons. The maximum Gasteiger partial charge on any atom is 0.255 e. The molecule has 1 amide bonds. The van der Waals surface area contributed by atoms with E-state index in [1.54, 1.807) is 12.1 Å². The first-order valence-corrected chi connectivity index (χ1v) is 11.1. The fourth-order valence-electron chi connectivity index (χ4n) is 3.77. The molecule has 1 fully saturated rings. The molecule has 1 heterocycles. The van der Waals surface area contributed by atoms with Gasteiger partial charge in [-0.3, -0.25) is 9.69 Å². The highest BCUT2D eigenvalue weighted by molar-refractivity contribution is 6.30. The number of anilines is 1. The van der Waals surface area contributed by atoms with Crippen LogP contribution in [-0.4, -0.2) is 23.9 Å². The fraction of sp³-hybridized carbons (Fsp3) is 0.269. The quantitative estimate of drug-likeness (QED) is 0.484. The van der Waals surface area contributed by atoms with E-state index < -0.39 is 0 Å². The molecule has 31 heavy (non-hydrogen) atoms. The Hall–Kier alpha value is -2.82. The van der Waals surface area contributed by atoms with Crippen molar-refractivity contribution in [2.75, 3.05) is 18.4 Å². The maximum atomic E-state index is 12.7. The van der Waals surface area contributed by atoms with Crippen molar-refractivity contribution in [1.82, 2.24) is 4.90 Å². The topological polar surface area (TPSA) is 41.6 Å². The normalized spacial score (nSPS) is 14.2. The highest BCUT2D eigenvalue weighted by Crippen LogP contribution is 2.19. The summed E-state index contributed by atoms with van der Waals surface area (Å²) in [6, 6.07) is 22.9.